The smallest absolute Gasteiger partial charge is 0.387 e. The summed E-state index contributed by atoms with van der Waals surface area (Å²) in [6.07, 6.45) is -1.45. The molecule has 3 nitrogen and oxygen atoms in total. The molecule has 0 amide bonds. The molecule has 0 N–H and O–H groups in total. The van der Waals surface area contributed by atoms with Crippen molar-refractivity contribution in [2.24, 2.45) is 0 Å². The fraction of sp³-hybridized carbons (Fsp3) is 0.200. The Morgan fingerprint density at radius 2 is 1.85 bits per heavy atom. The Morgan fingerprint density at radius 1 is 1.23 bits per heavy atom. The molecule has 0 aliphatic heterocycles. The number of hydrogen-bond donors (Lipinski definition) is 0. The highest BCUT2D eigenvalue weighted by Crippen LogP contribution is 2.25. The van der Waals surface area contributed by atoms with Gasteiger partial charge in [0.25, 0.3) is 5.95 Å². The Labute approximate surface area is 74.3 Å². The highest BCUT2D eigenvalue weighted by Gasteiger charge is 2.18. The maximum atomic E-state index is 12.5. The normalized spacial score (nSPS) is 10.6. The van der Waals surface area contributed by atoms with Crippen molar-refractivity contribution in [1.82, 2.24) is 9.97 Å². The van der Waals surface area contributed by atoms with Crippen LogP contribution in [0.5, 0.6) is 5.75 Å². The Hall–Kier alpha value is -1.11. The van der Waals surface area contributed by atoms with Crippen molar-refractivity contribution in [2.75, 3.05) is 0 Å². The lowest BCUT2D eigenvalue weighted by Crippen LogP contribution is -2.07. The van der Waals surface area contributed by atoms with Crippen LogP contribution in [0.1, 0.15) is 0 Å². The van der Waals surface area contributed by atoms with Crippen LogP contribution in [0.15, 0.2) is 0 Å². The zero-order valence-electron chi connectivity index (χ0n) is 5.77. The van der Waals surface area contributed by atoms with Gasteiger partial charge in [-0.05, 0) is 0 Å². The standard InChI is InChI=1S/C5HClF4N2O/c6-2-1(13-4(8)9)3(7)12-5(10)11-2/h4H. The monoisotopic (exact) mass is 216 g/mol. The van der Waals surface area contributed by atoms with Crippen molar-refractivity contribution in [3.05, 3.63) is 17.2 Å². The largest absolute Gasteiger partial charge is 0.427 e. The summed E-state index contributed by atoms with van der Waals surface area (Å²) in [4.78, 5) is 5.28. The predicted molar refractivity (Wildman–Crippen MR) is 33.6 cm³/mol. The summed E-state index contributed by atoms with van der Waals surface area (Å²) in [5.74, 6) is -2.64. The van der Waals surface area contributed by atoms with Crippen LogP contribution in [0.3, 0.4) is 0 Å². The molecule has 0 saturated heterocycles. The van der Waals surface area contributed by atoms with E-state index in [4.69, 9.17) is 11.6 Å². The lowest BCUT2D eigenvalue weighted by molar-refractivity contribution is -0.0530. The van der Waals surface area contributed by atoms with Crippen molar-refractivity contribution < 1.29 is 22.3 Å². The second-order valence-corrected chi connectivity index (χ2v) is 2.14. The van der Waals surface area contributed by atoms with Gasteiger partial charge in [0.1, 0.15) is 0 Å². The molecule has 0 bridgehead atoms. The third kappa shape index (κ3) is 2.41. The van der Waals surface area contributed by atoms with E-state index in [0.717, 1.165) is 0 Å². The molecule has 0 aromatic carbocycles. The average Bonchev–Trinajstić information content (AvgIpc) is 1.96. The molecule has 8 heteroatoms. The van der Waals surface area contributed by atoms with E-state index in [9.17, 15) is 17.6 Å². The molecule has 0 aliphatic rings. The topological polar surface area (TPSA) is 35.0 Å². The van der Waals surface area contributed by atoms with Crippen molar-refractivity contribution in [3.63, 3.8) is 0 Å². The van der Waals surface area contributed by atoms with Gasteiger partial charge in [0.2, 0.25) is 5.75 Å². The van der Waals surface area contributed by atoms with Gasteiger partial charge in [-0.25, -0.2) is 0 Å². The number of rotatable bonds is 2. The van der Waals surface area contributed by atoms with Gasteiger partial charge in [0, 0.05) is 0 Å². The van der Waals surface area contributed by atoms with Gasteiger partial charge in [-0.3, -0.25) is 0 Å². The minimum absolute atomic E-state index is 0.842. The van der Waals surface area contributed by atoms with Gasteiger partial charge >= 0.3 is 12.7 Å². The summed E-state index contributed by atoms with van der Waals surface area (Å²) in [5, 5.41) is -0.842. The average molecular weight is 217 g/mol. The maximum Gasteiger partial charge on any atom is 0.387 e. The van der Waals surface area contributed by atoms with Crippen LogP contribution in [-0.4, -0.2) is 16.6 Å². The highest BCUT2D eigenvalue weighted by molar-refractivity contribution is 6.30. The zero-order valence-corrected chi connectivity index (χ0v) is 6.53. The van der Waals surface area contributed by atoms with Gasteiger partial charge in [-0.1, -0.05) is 11.6 Å². The number of alkyl halides is 2. The number of hydrogen-bond acceptors (Lipinski definition) is 3. The first-order chi connectivity index (χ1) is 6.00. The molecular weight excluding hydrogens is 216 g/mol. The van der Waals surface area contributed by atoms with Crippen LogP contribution >= 0.6 is 11.6 Å². The number of aromatic nitrogens is 2. The van der Waals surface area contributed by atoms with Crippen LogP contribution < -0.4 is 4.74 Å². The first-order valence-corrected chi connectivity index (χ1v) is 3.22. The minimum atomic E-state index is -3.28. The summed E-state index contributed by atoms with van der Waals surface area (Å²) in [5.41, 5.74) is 0. The van der Waals surface area contributed by atoms with E-state index in [1.54, 1.807) is 0 Å². The number of ether oxygens (including phenoxy) is 1. The second-order valence-electron chi connectivity index (χ2n) is 1.78. The van der Waals surface area contributed by atoms with Gasteiger partial charge < -0.3 is 4.74 Å². The quantitative estimate of drug-likeness (QED) is 0.431. The molecule has 1 heterocycles. The van der Waals surface area contributed by atoms with Crippen LogP contribution in [0.25, 0.3) is 0 Å². The fourth-order valence-corrected chi connectivity index (χ4v) is 0.752. The summed E-state index contributed by atoms with van der Waals surface area (Å²) in [7, 11) is 0. The molecular formula is C5HClF4N2O. The summed E-state index contributed by atoms with van der Waals surface area (Å²) < 4.78 is 51.5. The molecule has 1 aromatic rings. The van der Waals surface area contributed by atoms with Crippen molar-refractivity contribution >= 4 is 11.6 Å². The van der Waals surface area contributed by atoms with E-state index in [0.29, 0.717) is 0 Å². The van der Waals surface area contributed by atoms with E-state index in [1.807, 2.05) is 0 Å². The number of nitrogens with zero attached hydrogens (tertiary/aromatic N) is 2. The predicted octanol–water partition coefficient (Wildman–Crippen LogP) is 2.01. The molecule has 13 heavy (non-hydrogen) atoms. The van der Waals surface area contributed by atoms with E-state index in [-0.39, 0.29) is 0 Å². The lowest BCUT2D eigenvalue weighted by Gasteiger charge is -2.05. The molecule has 0 spiro atoms. The molecule has 1 rings (SSSR count). The lowest BCUT2D eigenvalue weighted by atomic mass is 10.6. The van der Waals surface area contributed by atoms with E-state index in [2.05, 4.69) is 14.7 Å². The number of halogens is 5. The van der Waals surface area contributed by atoms with Gasteiger partial charge in [0.15, 0.2) is 5.15 Å². The summed E-state index contributed by atoms with van der Waals surface area (Å²) in [6, 6.07) is 0. The minimum Gasteiger partial charge on any atom is -0.427 e. The maximum absolute atomic E-state index is 12.5. The molecule has 0 radical (unpaired) electrons. The van der Waals surface area contributed by atoms with Crippen molar-refractivity contribution in [3.8, 4) is 5.75 Å². The van der Waals surface area contributed by atoms with Crippen LogP contribution in [0, 0.1) is 12.0 Å². The van der Waals surface area contributed by atoms with Crippen molar-refractivity contribution in [1.29, 1.82) is 0 Å². The molecule has 72 valence electrons. The molecule has 0 atom stereocenters. The Bertz CT molecular complexity index is 298. The third-order valence-electron chi connectivity index (χ3n) is 0.963. The van der Waals surface area contributed by atoms with Gasteiger partial charge in [0.05, 0.1) is 0 Å². The zero-order chi connectivity index (χ0) is 10.0. The fourth-order valence-electron chi connectivity index (χ4n) is 0.560. The summed E-state index contributed by atoms with van der Waals surface area (Å²) >= 11 is 5.09. The molecule has 1 aromatic heterocycles. The molecule has 0 unspecified atom stereocenters. The van der Waals surface area contributed by atoms with Crippen LogP contribution in [0.2, 0.25) is 5.15 Å². The SMILES string of the molecule is Fc1nc(F)c(OC(F)F)c(Cl)n1. The van der Waals surface area contributed by atoms with E-state index in [1.165, 1.54) is 0 Å². The van der Waals surface area contributed by atoms with Gasteiger partial charge in [-0.2, -0.15) is 27.5 Å². The Morgan fingerprint density at radius 3 is 2.31 bits per heavy atom. The third-order valence-corrected chi connectivity index (χ3v) is 1.22. The first-order valence-electron chi connectivity index (χ1n) is 2.84. The Kier molecular flexibility index (Phi) is 2.86. The molecule has 0 fully saturated rings. The van der Waals surface area contributed by atoms with Crippen molar-refractivity contribution in [2.45, 2.75) is 6.61 Å². The molecule has 0 saturated carbocycles. The van der Waals surface area contributed by atoms with E-state index < -0.39 is 29.5 Å². The van der Waals surface area contributed by atoms with E-state index >= 15 is 0 Å². The molecule has 0 aliphatic carbocycles. The second kappa shape index (κ2) is 3.73. The summed E-state index contributed by atoms with van der Waals surface area (Å²) in [6.45, 7) is -3.28. The van der Waals surface area contributed by atoms with Gasteiger partial charge in [-0.15, -0.1) is 0 Å². The van der Waals surface area contributed by atoms with Crippen LogP contribution in [-0.2, 0) is 0 Å². The highest BCUT2D eigenvalue weighted by atomic mass is 35.5. The first kappa shape index (κ1) is 9.97. The Balaban J connectivity index is 3.06. The van der Waals surface area contributed by atoms with Crippen LogP contribution in [0.4, 0.5) is 17.6 Å².